The van der Waals surface area contributed by atoms with E-state index in [1.165, 1.54) is 6.07 Å². The Morgan fingerprint density at radius 2 is 1.89 bits per heavy atom. The zero-order valence-electron chi connectivity index (χ0n) is 15.1. The first-order valence-electron chi connectivity index (χ1n) is 9.10. The van der Waals surface area contributed by atoms with Crippen LogP contribution in [0.25, 0.3) is 10.9 Å². The van der Waals surface area contributed by atoms with E-state index in [1.807, 2.05) is 10.7 Å². The van der Waals surface area contributed by atoms with Crippen molar-refractivity contribution in [2.24, 2.45) is 5.73 Å². The molecule has 7 nitrogen and oxygen atoms in total. The van der Waals surface area contributed by atoms with Crippen LogP contribution in [0.4, 0.5) is 14.9 Å². The summed E-state index contributed by atoms with van der Waals surface area (Å²) >= 11 is 0. The number of hydrogen-bond acceptors (Lipinski definition) is 3. The number of carbonyl (C=O) groups is 2. The van der Waals surface area contributed by atoms with Crippen LogP contribution in [0.1, 0.15) is 29.2 Å². The van der Waals surface area contributed by atoms with Crippen LogP contribution in [-0.2, 0) is 0 Å². The molecule has 3 amide bonds. The van der Waals surface area contributed by atoms with Gasteiger partial charge in [-0.05, 0) is 43.2 Å². The van der Waals surface area contributed by atoms with Crippen LogP contribution in [0.2, 0.25) is 0 Å². The monoisotopic (exact) mass is 381 g/mol. The van der Waals surface area contributed by atoms with Crippen LogP contribution in [-0.4, -0.2) is 39.7 Å². The normalized spacial score (nSPS) is 15.0. The van der Waals surface area contributed by atoms with E-state index >= 15 is 0 Å². The Morgan fingerprint density at radius 1 is 1.14 bits per heavy atom. The van der Waals surface area contributed by atoms with E-state index in [0.29, 0.717) is 29.7 Å². The molecule has 2 aromatic carbocycles. The van der Waals surface area contributed by atoms with Gasteiger partial charge < -0.3 is 16.0 Å². The van der Waals surface area contributed by atoms with Crippen molar-refractivity contribution in [2.45, 2.75) is 18.9 Å². The standard InChI is InChI=1S/C20H20FN5O2/c21-17-5-2-6-18-16(17)12-23-26(18)15-7-9-25(10-8-15)20(28)24-14-4-1-3-13(11-14)19(22)27/h1-6,11-12,15H,7-10H2,(H2,22,27)(H,24,28). The first-order valence-corrected chi connectivity index (χ1v) is 9.10. The molecule has 2 heterocycles. The number of piperidine rings is 1. The molecule has 28 heavy (non-hydrogen) atoms. The fraction of sp³-hybridized carbons (Fsp3) is 0.250. The number of aromatic nitrogens is 2. The van der Waals surface area contributed by atoms with Gasteiger partial charge in [0.1, 0.15) is 5.82 Å². The zero-order chi connectivity index (χ0) is 19.7. The number of carbonyl (C=O) groups excluding carboxylic acids is 2. The number of likely N-dealkylation sites (tertiary alicyclic amines) is 1. The molecule has 0 bridgehead atoms. The van der Waals surface area contributed by atoms with Gasteiger partial charge in [-0.2, -0.15) is 5.10 Å². The Labute approximate surface area is 160 Å². The summed E-state index contributed by atoms with van der Waals surface area (Å²) in [5, 5.41) is 7.67. The van der Waals surface area contributed by atoms with E-state index < -0.39 is 5.91 Å². The number of fused-ring (bicyclic) bond motifs is 1. The van der Waals surface area contributed by atoms with Gasteiger partial charge in [0, 0.05) is 24.3 Å². The second-order valence-corrected chi connectivity index (χ2v) is 6.86. The third-order valence-corrected chi connectivity index (χ3v) is 5.08. The highest BCUT2D eigenvalue weighted by Gasteiger charge is 2.25. The second-order valence-electron chi connectivity index (χ2n) is 6.86. The number of urea groups is 1. The number of halogens is 1. The molecule has 0 unspecified atom stereocenters. The van der Waals surface area contributed by atoms with Crippen molar-refractivity contribution in [3.63, 3.8) is 0 Å². The summed E-state index contributed by atoms with van der Waals surface area (Å²) in [7, 11) is 0. The average molecular weight is 381 g/mol. The lowest BCUT2D eigenvalue weighted by Crippen LogP contribution is -2.41. The van der Waals surface area contributed by atoms with Gasteiger partial charge in [0.25, 0.3) is 0 Å². The number of benzene rings is 2. The predicted molar refractivity (Wildman–Crippen MR) is 104 cm³/mol. The van der Waals surface area contributed by atoms with Crippen LogP contribution in [0.5, 0.6) is 0 Å². The summed E-state index contributed by atoms with van der Waals surface area (Å²) in [6.45, 7) is 1.12. The van der Waals surface area contributed by atoms with Crippen molar-refractivity contribution in [2.75, 3.05) is 18.4 Å². The van der Waals surface area contributed by atoms with Crippen LogP contribution >= 0.6 is 0 Å². The smallest absolute Gasteiger partial charge is 0.321 e. The van der Waals surface area contributed by atoms with Gasteiger partial charge >= 0.3 is 6.03 Å². The Bertz CT molecular complexity index is 1040. The maximum absolute atomic E-state index is 13.9. The van der Waals surface area contributed by atoms with Gasteiger partial charge in [-0.1, -0.05) is 12.1 Å². The molecule has 0 radical (unpaired) electrons. The molecule has 1 fully saturated rings. The molecule has 0 aliphatic carbocycles. The summed E-state index contributed by atoms with van der Waals surface area (Å²) in [6.07, 6.45) is 3.00. The molecule has 1 aliphatic rings. The maximum Gasteiger partial charge on any atom is 0.321 e. The van der Waals surface area contributed by atoms with E-state index in [9.17, 15) is 14.0 Å². The molecule has 8 heteroatoms. The minimum atomic E-state index is -0.542. The van der Waals surface area contributed by atoms with Crippen molar-refractivity contribution in [3.8, 4) is 0 Å². The summed E-state index contributed by atoms with van der Waals surface area (Å²) in [4.78, 5) is 25.5. The molecule has 0 saturated carbocycles. The summed E-state index contributed by atoms with van der Waals surface area (Å²) in [5.74, 6) is -0.821. The third-order valence-electron chi connectivity index (χ3n) is 5.08. The van der Waals surface area contributed by atoms with Gasteiger partial charge in [-0.15, -0.1) is 0 Å². The zero-order valence-corrected chi connectivity index (χ0v) is 15.1. The molecule has 0 spiro atoms. The highest BCUT2D eigenvalue weighted by atomic mass is 19.1. The Balaban J connectivity index is 1.41. The molecule has 144 valence electrons. The van der Waals surface area contributed by atoms with Crippen LogP contribution < -0.4 is 11.1 Å². The minimum absolute atomic E-state index is 0.113. The lowest BCUT2D eigenvalue weighted by Gasteiger charge is -2.32. The lowest BCUT2D eigenvalue weighted by molar-refractivity contribution is 0.1000. The fourth-order valence-electron chi connectivity index (χ4n) is 3.59. The third kappa shape index (κ3) is 3.40. The second kappa shape index (κ2) is 7.30. The SMILES string of the molecule is NC(=O)c1cccc(NC(=O)N2CCC(n3ncc4c(F)cccc43)CC2)c1. The molecule has 1 saturated heterocycles. The van der Waals surface area contributed by atoms with Gasteiger partial charge in [0.15, 0.2) is 0 Å². The van der Waals surface area contributed by atoms with E-state index in [0.717, 1.165) is 18.4 Å². The molecule has 4 rings (SSSR count). The lowest BCUT2D eigenvalue weighted by atomic mass is 10.1. The number of nitrogens with one attached hydrogen (secondary N) is 1. The van der Waals surface area contributed by atoms with Gasteiger partial charge in [-0.3, -0.25) is 9.48 Å². The number of nitrogens with two attached hydrogens (primary N) is 1. The van der Waals surface area contributed by atoms with Gasteiger partial charge in [-0.25, -0.2) is 9.18 Å². The molecular weight excluding hydrogens is 361 g/mol. The van der Waals surface area contributed by atoms with Gasteiger partial charge in [0.2, 0.25) is 5.91 Å². The average Bonchev–Trinajstić information content (AvgIpc) is 3.14. The van der Waals surface area contributed by atoms with E-state index in [1.54, 1.807) is 41.4 Å². The van der Waals surface area contributed by atoms with E-state index in [2.05, 4.69) is 10.4 Å². The predicted octanol–water partition coefficient (Wildman–Crippen LogP) is 3.14. The van der Waals surface area contributed by atoms with E-state index in [-0.39, 0.29) is 17.9 Å². The minimum Gasteiger partial charge on any atom is -0.366 e. The van der Waals surface area contributed by atoms with Crippen LogP contribution in [0.3, 0.4) is 0 Å². The highest BCUT2D eigenvalue weighted by molar-refractivity contribution is 5.95. The molecule has 3 N–H and O–H groups in total. The van der Waals surface area contributed by atoms with Crippen molar-refractivity contribution < 1.29 is 14.0 Å². The molecule has 3 aromatic rings. The van der Waals surface area contributed by atoms with E-state index in [4.69, 9.17) is 5.73 Å². The number of anilines is 1. The molecule has 1 aromatic heterocycles. The fourth-order valence-corrected chi connectivity index (χ4v) is 3.59. The molecule has 0 atom stereocenters. The number of rotatable bonds is 3. The number of hydrogen-bond donors (Lipinski definition) is 2. The molecule has 1 aliphatic heterocycles. The number of nitrogens with zero attached hydrogens (tertiary/aromatic N) is 3. The first kappa shape index (κ1) is 18.0. The maximum atomic E-state index is 13.9. The summed E-state index contributed by atoms with van der Waals surface area (Å²) in [5.41, 5.74) is 6.91. The van der Waals surface area contributed by atoms with Gasteiger partial charge in [0.05, 0.1) is 23.1 Å². The largest absolute Gasteiger partial charge is 0.366 e. The number of primary amides is 1. The van der Waals surface area contributed by atoms with Crippen molar-refractivity contribution in [3.05, 3.63) is 60.0 Å². The van der Waals surface area contributed by atoms with Crippen molar-refractivity contribution >= 4 is 28.5 Å². The summed E-state index contributed by atoms with van der Waals surface area (Å²) < 4.78 is 15.7. The Kier molecular flexibility index (Phi) is 4.68. The van der Waals surface area contributed by atoms with Crippen molar-refractivity contribution in [1.82, 2.24) is 14.7 Å². The molecular formula is C20H20FN5O2. The topological polar surface area (TPSA) is 93.2 Å². The Morgan fingerprint density at radius 3 is 2.64 bits per heavy atom. The highest BCUT2D eigenvalue weighted by Crippen LogP contribution is 2.27. The summed E-state index contributed by atoms with van der Waals surface area (Å²) in [6, 6.07) is 11.4. The first-order chi connectivity index (χ1) is 13.5. The quantitative estimate of drug-likeness (QED) is 0.730. The van der Waals surface area contributed by atoms with Crippen molar-refractivity contribution in [1.29, 1.82) is 0 Å². The Hall–Kier alpha value is -3.42. The van der Waals surface area contributed by atoms with Crippen LogP contribution in [0.15, 0.2) is 48.7 Å². The van der Waals surface area contributed by atoms with Crippen LogP contribution in [0, 0.1) is 5.82 Å². The number of amides is 3.